The fraction of sp³-hybridized carbons (Fsp3) is 0.833. The summed E-state index contributed by atoms with van der Waals surface area (Å²) in [5.41, 5.74) is 0. The van der Waals surface area contributed by atoms with Crippen molar-refractivity contribution in [3.05, 3.63) is 0 Å². The van der Waals surface area contributed by atoms with Crippen molar-refractivity contribution < 1.29 is 20.1 Å². The lowest BCUT2D eigenvalue weighted by Crippen LogP contribution is -2.26. The van der Waals surface area contributed by atoms with E-state index in [2.05, 4.69) is 0 Å². The first kappa shape index (κ1) is 9.55. The number of hydrogen-bond donors (Lipinski definition) is 3. The number of aliphatic hydroxyl groups excluding tert-OH is 3. The molecule has 0 fully saturated rings. The van der Waals surface area contributed by atoms with Gasteiger partial charge in [-0.15, -0.1) is 0 Å². The van der Waals surface area contributed by atoms with Gasteiger partial charge >= 0.3 is 0 Å². The molecule has 0 aliphatic carbocycles. The molecule has 0 unspecified atom stereocenters. The maximum atomic E-state index is 10.6. The highest BCUT2D eigenvalue weighted by Crippen LogP contribution is 1.95. The maximum absolute atomic E-state index is 10.6. The van der Waals surface area contributed by atoms with E-state index in [1.54, 1.807) is 0 Å². The standard InChI is InChI=1S/C6H12O4/c1-4(8)2-5(9)6(10)3-7/h4,6-8,10H,2-3H2,1H3/t4-,6-/m1/s1. The van der Waals surface area contributed by atoms with Gasteiger partial charge in [0.2, 0.25) is 0 Å². The molecule has 0 rings (SSSR count). The highest BCUT2D eigenvalue weighted by molar-refractivity contribution is 5.83. The van der Waals surface area contributed by atoms with Crippen LogP contribution in [-0.2, 0) is 4.79 Å². The third kappa shape index (κ3) is 3.55. The summed E-state index contributed by atoms with van der Waals surface area (Å²) in [6.07, 6.45) is -2.20. The van der Waals surface area contributed by atoms with Gasteiger partial charge in [-0.1, -0.05) is 0 Å². The minimum atomic E-state index is -1.34. The molecule has 0 spiro atoms. The summed E-state index contributed by atoms with van der Waals surface area (Å²) in [5.74, 6) is -0.530. The second kappa shape index (κ2) is 4.38. The predicted molar refractivity (Wildman–Crippen MR) is 34.4 cm³/mol. The van der Waals surface area contributed by atoms with Gasteiger partial charge in [0.1, 0.15) is 6.10 Å². The first-order chi connectivity index (χ1) is 4.57. The molecule has 0 aromatic carbocycles. The Hall–Kier alpha value is -0.450. The van der Waals surface area contributed by atoms with Gasteiger partial charge in [-0.05, 0) is 6.92 Å². The summed E-state index contributed by atoms with van der Waals surface area (Å²) >= 11 is 0. The SMILES string of the molecule is C[C@@H](O)CC(=O)[C@H](O)CO. The molecule has 4 nitrogen and oxygen atoms in total. The number of hydrogen-bond acceptors (Lipinski definition) is 4. The Kier molecular flexibility index (Phi) is 4.18. The van der Waals surface area contributed by atoms with Gasteiger partial charge in [-0.3, -0.25) is 4.79 Å². The van der Waals surface area contributed by atoms with Crippen LogP contribution in [0.2, 0.25) is 0 Å². The lowest BCUT2D eigenvalue weighted by atomic mass is 10.1. The fourth-order valence-electron chi connectivity index (χ4n) is 0.529. The largest absolute Gasteiger partial charge is 0.393 e. The molecule has 0 saturated heterocycles. The van der Waals surface area contributed by atoms with E-state index in [4.69, 9.17) is 15.3 Å². The highest BCUT2D eigenvalue weighted by Gasteiger charge is 2.14. The molecule has 0 heterocycles. The minimum absolute atomic E-state index is 0.109. The molecule has 60 valence electrons. The molecule has 3 N–H and O–H groups in total. The molecule has 0 saturated carbocycles. The normalized spacial score (nSPS) is 16.4. The molecule has 0 radical (unpaired) electrons. The Labute approximate surface area is 59.1 Å². The smallest absolute Gasteiger partial charge is 0.166 e. The van der Waals surface area contributed by atoms with Crippen LogP contribution in [0.1, 0.15) is 13.3 Å². The quantitative estimate of drug-likeness (QED) is 0.462. The van der Waals surface area contributed by atoms with E-state index in [0.717, 1.165) is 0 Å². The number of aliphatic hydroxyl groups is 3. The molecular weight excluding hydrogens is 136 g/mol. The average Bonchev–Trinajstić information content (AvgIpc) is 1.85. The van der Waals surface area contributed by atoms with Crippen molar-refractivity contribution in [1.29, 1.82) is 0 Å². The molecule has 0 aliphatic rings. The zero-order chi connectivity index (χ0) is 8.15. The number of ketones is 1. The zero-order valence-corrected chi connectivity index (χ0v) is 5.82. The summed E-state index contributed by atoms with van der Waals surface area (Å²) in [5, 5.41) is 25.6. The topological polar surface area (TPSA) is 77.8 Å². The Bertz CT molecular complexity index is 110. The molecular formula is C6H12O4. The van der Waals surface area contributed by atoms with Crippen LogP contribution in [0.25, 0.3) is 0 Å². The summed E-state index contributed by atoms with van der Waals surface area (Å²) in [6, 6.07) is 0. The van der Waals surface area contributed by atoms with E-state index in [-0.39, 0.29) is 6.42 Å². The number of rotatable bonds is 4. The van der Waals surface area contributed by atoms with Crippen molar-refractivity contribution in [3.63, 3.8) is 0 Å². The van der Waals surface area contributed by atoms with E-state index in [9.17, 15) is 4.79 Å². The van der Waals surface area contributed by atoms with Crippen molar-refractivity contribution in [1.82, 2.24) is 0 Å². The molecule has 0 amide bonds. The average molecular weight is 148 g/mol. The van der Waals surface area contributed by atoms with E-state index in [1.165, 1.54) is 6.92 Å². The molecule has 0 bridgehead atoms. The van der Waals surface area contributed by atoms with Crippen LogP contribution in [0.4, 0.5) is 0 Å². The lowest BCUT2D eigenvalue weighted by Gasteiger charge is -2.06. The van der Waals surface area contributed by atoms with Gasteiger partial charge in [-0.25, -0.2) is 0 Å². The molecule has 2 atom stereocenters. The zero-order valence-electron chi connectivity index (χ0n) is 5.82. The van der Waals surface area contributed by atoms with Crippen molar-refractivity contribution in [2.75, 3.05) is 6.61 Å². The summed E-state index contributed by atoms with van der Waals surface area (Å²) in [7, 11) is 0. The Morgan fingerprint density at radius 1 is 1.50 bits per heavy atom. The summed E-state index contributed by atoms with van der Waals surface area (Å²) in [6.45, 7) is 0.869. The summed E-state index contributed by atoms with van der Waals surface area (Å²) < 4.78 is 0. The number of carbonyl (C=O) groups excluding carboxylic acids is 1. The predicted octanol–water partition coefficient (Wildman–Crippen LogP) is -1.32. The van der Waals surface area contributed by atoms with Gasteiger partial charge in [-0.2, -0.15) is 0 Å². The van der Waals surface area contributed by atoms with Crippen LogP contribution in [0, 0.1) is 0 Å². The molecule has 0 aromatic rings. The maximum Gasteiger partial charge on any atom is 0.166 e. The Balaban J connectivity index is 3.62. The van der Waals surface area contributed by atoms with E-state index in [1.807, 2.05) is 0 Å². The van der Waals surface area contributed by atoms with Crippen LogP contribution < -0.4 is 0 Å². The third-order valence-corrected chi connectivity index (χ3v) is 1.04. The fourth-order valence-corrected chi connectivity index (χ4v) is 0.529. The number of Topliss-reactive ketones (excluding diaryl/α,β-unsaturated/α-hetero) is 1. The minimum Gasteiger partial charge on any atom is -0.393 e. The van der Waals surface area contributed by atoms with E-state index in [0.29, 0.717) is 0 Å². The Morgan fingerprint density at radius 3 is 2.30 bits per heavy atom. The van der Waals surface area contributed by atoms with Crippen LogP contribution in [0.5, 0.6) is 0 Å². The lowest BCUT2D eigenvalue weighted by molar-refractivity contribution is -0.130. The monoisotopic (exact) mass is 148 g/mol. The van der Waals surface area contributed by atoms with Gasteiger partial charge in [0, 0.05) is 6.42 Å². The first-order valence-electron chi connectivity index (χ1n) is 3.07. The van der Waals surface area contributed by atoms with Crippen molar-refractivity contribution in [2.45, 2.75) is 25.6 Å². The second-order valence-electron chi connectivity index (χ2n) is 2.22. The van der Waals surface area contributed by atoms with Gasteiger partial charge in [0.15, 0.2) is 5.78 Å². The molecule has 0 aliphatic heterocycles. The third-order valence-electron chi connectivity index (χ3n) is 1.04. The van der Waals surface area contributed by atoms with E-state index >= 15 is 0 Å². The van der Waals surface area contributed by atoms with Gasteiger partial charge < -0.3 is 15.3 Å². The van der Waals surface area contributed by atoms with Crippen molar-refractivity contribution in [2.24, 2.45) is 0 Å². The van der Waals surface area contributed by atoms with E-state index < -0.39 is 24.6 Å². The van der Waals surface area contributed by atoms with Gasteiger partial charge in [0.25, 0.3) is 0 Å². The molecule has 10 heavy (non-hydrogen) atoms. The number of carbonyl (C=O) groups is 1. The summed E-state index contributed by atoms with van der Waals surface area (Å²) in [4.78, 5) is 10.6. The van der Waals surface area contributed by atoms with Crippen molar-refractivity contribution in [3.8, 4) is 0 Å². The van der Waals surface area contributed by atoms with Crippen LogP contribution >= 0.6 is 0 Å². The van der Waals surface area contributed by atoms with Crippen LogP contribution in [0.15, 0.2) is 0 Å². The van der Waals surface area contributed by atoms with Crippen molar-refractivity contribution >= 4 is 5.78 Å². The molecule has 0 aromatic heterocycles. The Morgan fingerprint density at radius 2 is 2.00 bits per heavy atom. The second-order valence-corrected chi connectivity index (χ2v) is 2.22. The van der Waals surface area contributed by atoms with Gasteiger partial charge in [0.05, 0.1) is 12.7 Å². The molecule has 4 heteroatoms. The highest BCUT2D eigenvalue weighted by atomic mass is 16.3. The van der Waals surface area contributed by atoms with Crippen LogP contribution in [-0.4, -0.2) is 39.9 Å². The first-order valence-corrected chi connectivity index (χ1v) is 3.07. The van der Waals surface area contributed by atoms with Crippen LogP contribution in [0.3, 0.4) is 0 Å².